The number of rotatable bonds is 8. The minimum Gasteiger partial charge on any atom is -0.472 e. The number of nitrogens with zero attached hydrogens (tertiary/aromatic N) is 7. The molecule has 0 unspecified atom stereocenters. The van der Waals surface area contributed by atoms with Crippen LogP contribution in [0.4, 0.5) is 5.69 Å². The maximum Gasteiger partial charge on any atom is 0.353 e. The Morgan fingerprint density at radius 1 is 1.22 bits per heavy atom. The predicted octanol–water partition coefficient (Wildman–Crippen LogP) is 3.94. The number of aryl methyl sites for hydroxylation is 1. The Labute approximate surface area is 192 Å². The lowest BCUT2D eigenvalue weighted by molar-refractivity contribution is -0.386. The van der Waals surface area contributed by atoms with E-state index in [9.17, 15) is 10.1 Å². The van der Waals surface area contributed by atoms with Gasteiger partial charge in [-0.3, -0.25) is 14.8 Å². The van der Waals surface area contributed by atoms with Gasteiger partial charge in [-0.1, -0.05) is 11.6 Å². The molecule has 32 heavy (non-hydrogen) atoms. The second-order valence-corrected chi connectivity index (χ2v) is 8.65. The number of ether oxygens (including phenoxy) is 2. The van der Waals surface area contributed by atoms with Crippen LogP contribution in [0.5, 0.6) is 5.88 Å². The second kappa shape index (κ2) is 8.80. The summed E-state index contributed by atoms with van der Waals surface area (Å²) < 4.78 is 14.7. The summed E-state index contributed by atoms with van der Waals surface area (Å²) in [5, 5.41) is 21.7. The van der Waals surface area contributed by atoms with Gasteiger partial charge >= 0.3 is 11.6 Å². The standard InChI is InChI=1S/C19H21Cl2N7O4/c20-16-13-10-22-19(21)23-17(13)26(24-16)6-1-7-32-18-15(28(29)30)14(11-2-3-11)27(25-18)12-4-8-31-9-5-12/h10-12H,1-9H2. The molecule has 13 heteroatoms. The summed E-state index contributed by atoms with van der Waals surface area (Å²) >= 11 is 12.0. The van der Waals surface area contributed by atoms with Gasteiger partial charge in [0, 0.05) is 38.3 Å². The Balaban J connectivity index is 1.32. The van der Waals surface area contributed by atoms with E-state index in [1.54, 1.807) is 4.68 Å². The van der Waals surface area contributed by atoms with Gasteiger partial charge in [-0.05, 0) is 37.3 Å². The van der Waals surface area contributed by atoms with Crippen molar-refractivity contribution in [1.29, 1.82) is 0 Å². The Bertz CT molecular complexity index is 1150. The molecule has 1 aliphatic carbocycles. The fourth-order valence-corrected chi connectivity index (χ4v) is 4.43. The van der Waals surface area contributed by atoms with Crippen LogP contribution in [0.25, 0.3) is 11.0 Å². The van der Waals surface area contributed by atoms with E-state index in [2.05, 4.69) is 20.2 Å². The van der Waals surface area contributed by atoms with Gasteiger partial charge in [0.15, 0.2) is 10.8 Å². The van der Waals surface area contributed by atoms with Gasteiger partial charge in [0.1, 0.15) is 5.69 Å². The number of fused-ring (bicyclic) bond motifs is 1. The highest BCUT2D eigenvalue weighted by Crippen LogP contribution is 2.48. The van der Waals surface area contributed by atoms with Crippen LogP contribution >= 0.6 is 23.2 Å². The van der Waals surface area contributed by atoms with Crippen LogP contribution in [0.3, 0.4) is 0 Å². The fraction of sp³-hybridized carbons (Fsp3) is 0.579. The normalized spacial score (nSPS) is 17.2. The molecule has 5 rings (SSSR count). The molecule has 0 radical (unpaired) electrons. The van der Waals surface area contributed by atoms with Crippen LogP contribution in [0.1, 0.15) is 49.8 Å². The average molecular weight is 482 g/mol. The lowest BCUT2D eigenvalue weighted by Crippen LogP contribution is -2.22. The topological polar surface area (TPSA) is 123 Å². The summed E-state index contributed by atoms with van der Waals surface area (Å²) in [5.41, 5.74) is 1.21. The smallest absolute Gasteiger partial charge is 0.353 e. The predicted molar refractivity (Wildman–Crippen MR) is 115 cm³/mol. The molecule has 3 aromatic heterocycles. The van der Waals surface area contributed by atoms with Crippen molar-refractivity contribution in [3.8, 4) is 5.88 Å². The summed E-state index contributed by atoms with van der Waals surface area (Å²) in [6.07, 6.45) is 5.50. The minimum atomic E-state index is -0.370. The SMILES string of the molecule is O=[N+]([O-])c1c(OCCCn2nc(Cl)c3cnc(Cl)nc32)nn(C2CCOCC2)c1C1CC1. The van der Waals surface area contributed by atoms with E-state index in [1.807, 2.05) is 4.68 Å². The first kappa shape index (κ1) is 21.4. The second-order valence-electron chi connectivity index (χ2n) is 7.95. The largest absolute Gasteiger partial charge is 0.472 e. The van der Waals surface area contributed by atoms with Crippen LogP contribution in [-0.2, 0) is 11.3 Å². The van der Waals surface area contributed by atoms with Crippen LogP contribution in [0, 0.1) is 10.1 Å². The highest BCUT2D eigenvalue weighted by Gasteiger charge is 2.41. The Morgan fingerprint density at radius 2 is 2.00 bits per heavy atom. The molecule has 1 aliphatic heterocycles. The van der Waals surface area contributed by atoms with Gasteiger partial charge in [-0.25, -0.2) is 9.67 Å². The molecule has 4 heterocycles. The van der Waals surface area contributed by atoms with Gasteiger partial charge < -0.3 is 9.47 Å². The fourth-order valence-electron chi connectivity index (χ4n) is 4.07. The molecule has 0 N–H and O–H groups in total. The molecular weight excluding hydrogens is 461 g/mol. The number of aromatic nitrogens is 6. The highest BCUT2D eigenvalue weighted by molar-refractivity contribution is 6.34. The van der Waals surface area contributed by atoms with Crippen molar-refractivity contribution >= 4 is 39.9 Å². The summed E-state index contributed by atoms with van der Waals surface area (Å²) in [4.78, 5) is 19.6. The third-order valence-corrected chi connectivity index (χ3v) is 6.20. The Hall–Kier alpha value is -2.50. The zero-order chi connectivity index (χ0) is 22.2. The molecule has 0 bridgehead atoms. The van der Waals surface area contributed by atoms with Crippen LogP contribution in [0.2, 0.25) is 10.4 Å². The molecule has 170 valence electrons. The number of nitro groups is 1. The van der Waals surface area contributed by atoms with Gasteiger partial charge in [0.2, 0.25) is 5.28 Å². The maximum atomic E-state index is 11.9. The van der Waals surface area contributed by atoms with Crippen molar-refractivity contribution in [1.82, 2.24) is 29.5 Å². The molecule has 11 nitrogen and oxygen atoms in total. The van der Waals surface area contributed by atoms with Crippen LogP contribution in [0.15, 0.2) is 6.20 Å². The van der Waals surface area contributed by atoms with Crippen molar-refractivity contribution in [3.63, 3.8) is 0 Å². The van der Waals surface area contributed by atoms with E-state index < -0.39 is 0 Å². The Kier molecular flexibility index (Phi) is 5.87. The number of halogens is 2. The van der Waals surface area contributed by atoms with Crippen molar-refractivity contribution in [2.24, 2.45) is 0 Å². The number of hydrogen-bond donors (Lipinski definition) is 0. The van der Waals surface area contributed by atoms with E-state index >= 15 is 0 Å². The van der Waals surface area contributed by atoms with E-state index in [0.717, 1.165) is 25.7 Å². The molecule has 0 spiro atoms. The van der Waals surface area contributed by atoms with E-state index in [-0.39, 0.29) is 45.5 Å². The van der Waals surface area contributed by atoms with E-state index in [1.165, 1.54) is 6.20 Å². The first-order chi connectivity index (χ1) is 15.5. The molecule has 0 aromatic carbocycles. The van der Waals surface area contributed by atoms with Gasteiger partial charge in [0.05, 0.1) is 23.0 Å². The van der Waals surface area contributed by atoms with E-state index in [0.29, 0.717) is 42.9 Å². The summed E-state index contributed by atoms with van der Waals surface area (Å²) in [5.74, 6) is 0.252. The minimum absolute atomic E-state index is 0.00824. The van der Waals surface area contributed by atoms with E-state index in [4.69, 9.17) is 32.7 Å². The van der Waals surface area contributed by atoms with Gasteiger partial charge in [-0.15, -0.1) is 5.10 Å². The molecule has 2 fully saturated rings. The first-order valence-corrected chi connectivity index (χ1v) is 11.3. The monoisotopic (exact) mass is 481 g/mol. The van der Waals surface area contributed by atoms with Crippen molar-refractivity contribution < 1.29 is 14.4 Å². The molecule has 2 aliphatic rings. The summed E-state index contributed by atoms with van der Waals surface area (Å²) in [6, 6.07) is 0.0948. The average Bonchev–Trinajstić information content (AvgIpc) is 3.48. The lowest BCUT2D eigenvalue weighted by atomic mass is 10.1. The molecular formula is C19H21Cl2N7O4. The summed E-state index contributed by atoms with van der Waals surface area (Å²) in [7, 11) is 0. The molecule has 0 atom stereocenters. The molecule has 1 saturated heterocycles. The lowest BCUT2D eigenvalue weighted by Gasteiger charge is -2.23. The van der Waals surface area contributed by atoms with Crippen LogP contribution < -0.4 is 4.74 Å². The Morgan fingerprint density at radius 3 is 2.72 bits per heavy atom. The maximum absolute atomic E-state index is 11.9. The third-order valence-electron chi connectivity index (χ3n) is 5.74. The zero-order valence-corrected chi connectivity index (χ0v) is 18.6. The molecule has 3 aromatic rings. The zero-order valence-electron chi connectivity index (χ0n) is 17.1. The molecule has 0 amide bonds. The van der Waals surface area contributed by atoms with Gasteiger partial charge in [0.25, 0.3) is 0 Å². The quantitative estimate of drug-likeness (QED) is 0.205. The van der Waals surface area contributed by atoms with Crippen molar-refractivity contribution in [2.45, 2.75) is 50.6 Å². The number of hydrogen-bond acceptors (Lipinski definition) is 8. The first-order valence-electron chi connectivity index (χ1n) is 10.5. The summed E-state index contributed by atoms with van der Waals surface area (Å²) in [6.45, 7) is 1.94. The molecule has 1 saturated carbocycles. The third kappa shape index (κ3) is 4.12. The highest BCUT2D eigenvalue weighted by atomic mass is 35.5. The van der Waals surface area contributed by atoms with Crippen molar-refractivity contribution in [2.75, 3.05) is 19.8 Å². The van der Waals surface area contributed by atoms with Crippen molar-refractivity contribution in [3.05, 3.63) is 32.4 Å². The van der Waals surface area contributed by atoms with Gasteiger partial charge in [-0.2, -0.15) is 10.1 Å². The van der Waals surface area contributed by atoms with Crippen LogP contribution in [-0.4, -0.2) is 54.3 Å².